The molecule has 7 nitrogen and oxygen atoms in total. The molecule has 0 aliphatic carbocycles. The second-order valence-electron chi connectivity index (χ2n) is 5.62. The van der Waals surface area contributed by atoms with Crippen LogP contribution in [-0.2, 0) is 23.2 Å². The van der Waals surface area contributed by atoms with Crippen molar-refractivity contribution in [1.29, 1.82) is 0 Å². The van der Waals surface area contributed by atoms with Crippen molar-refractivity contribution in [2.75, 3.05) is 0 Å². The maximum absolute atomic E-state index is 11.2. The number of rotatable bonds is 5. The zero-order chi connectivity index (χ0) is 15.6. The highest BCUT2D eigenvalue weighted by atomic mass is 16.5. The van der Waals surface area contributed by atoms with E-state index in [-0.39, 0.29) is 5.91 Å². The van der Waals surface area contributed by atoms with Gasteiger partial charge >= 0.3 is 0 Å². The monoisotopic (exact) mass is 292 g/mol. The zero-order valence-electron chi connectivity index (χ0n) is 13.0. The molecule has 0 bridgehead atoms. The first-order chi connectivity index (χ1) is 9.79. The van der Waals surface area contributed by atoms with Crippen molar-refractivity contribution >= 4 is 5.91 Å². The van der Waals surface area contributed by atoms with Crippen LogP contribution >= 0.6 is 0 Å². The van der Waals surface area contributed by atoms with Gasteiger partial charge < -0.3 is 14.4 Å². The molecule has 0 saturated carbocycles. The largest absolute Gasteiger partial charge is 0.361 e. The molecule has 114 valence electrons. The summed E-state index contributed by atoms with van der Waals surface area (Å²) in [4.78, 5) is 15.5. The van der Waals surface area contributed by atoms with Crippen molar-refractivity contribution in [3.63, 3.8) is 0 Å². The van der Waals surface area contributed by atoms with Gasteiger partial charge in [-0.2, -0.15) is 4.98 Å². The quantitative estimate of drug-likeness (QED) is 0.903. The van der Waals surface area contributed by atoms with Gasteiger partial charge in [-0.3, -0.25) is 4.79 Å². The Morgan fingerprint density at radius 1 is 1.19 bits per heavy atom. The van der Waals surface area contributed by atoms with Gasteiger partial charge in [0.05, 0.1) is 11.2 Å². The fraction of sp³-hybridized carbons (Fsp3) is 0.571. The standard InChI is InChI=1S/C14H20N4O3/c1-8-11(9(2)20-17-8)6-7-12-15-13(18-21-12)14(4,5)16-10(3)19/h6-7H2,1-5H3,(H,16,19). The van der Waals surface area contributed by atoms with Crippen molar-refractivity contribution in [2.45, 2.75) is 53.0 Å². The average molecular weight is 292 g/mol. The van der Waals surface area contributed by atoms with Crippen LogP contribution in [0.3, 0.4) is 0 Å². The van der Waals surface area contributed by atoms with E-state index in [0.717, 1.165) is 23.4 Å². The second-order valence-corrected chi connectivity index (χ2v) is 5.62. The lowest BCUT2D eigenvalue weighted by molar-refractivity contribution is -0.120. The van der Waals surface area contributed by atoms with Crippen molar-refractivity contribution in [3.8, 4) is 0 Å². The molecule has 0 saturated heterocycles. The summed E-state index contributed by atoms with van der Waals surface area (Å²) in [6.07, 6.45) is 1.33. The average Bonchev–Trinajstić information content (AvgIpc) is 2.94. The normalized spacial score (nSPS) is 11.7. The minimum absolute atomic E-state index is 0.137. The number of nitrogens with one attached hydrogen (secondary N) is 1. The molecule has 1 amide bonds. The third kappa shape index (κ3) is 3.48. The Labute approximate surface area is 123 Å². The van der Waals surface area contributed by atoms with E-state index >= 15 is 0 Å². The third-order valence-electron chi connectivity index (χ3n) is 3.29. The van der Waals surface area contributed by atoms with Gasteiger partial charge in [0, 0.05) is 18.9 Å². The van der Waals surface area contributed by atoms with Gasteiger partial charge in [-0.1, -0.05) is 10.3 Å². The van der Waals surface area contributed by atoms with Gasteiger partial charge in [0.15, 0.2) is 5.82 Å². The molecule has 0 fully saturated rings. The highest BCUT2D eigenvalue weighted by molar-refractivity contribution is 5.73. The summed E-state index contributed by atoms with van der Waals surface area (Å²) in [7, 11) is 0. The topological polar surface area (TPSA) is 94.1 Å². The number of aromatic nitrogens is 3. The van der Waals surface area contributed by atoms with E-state index in [9.17, 15) is 4.79 Å². The molecule has 0 unspecified atom stereocenters. The van der Waals surface area contributed by atoms with Crippen LogP contribution in [0.15, 0.2) is 9.05 Å². The Balaban J connectivity index is 2.05. The summed E-state index contributed by atoms with van der Waals surface area (Å²) in [5, 5.41) is 10.6. The van der Waals surface area contributed by atoms with Crippen LogP contribution in [0.1, 0.15) is 49.5 Å². The molecule has 0 spiro atoms. The molecule has 2 aromatic heterocycles. The summed E-state index contributed by atoms with van der Waals surface area (Å²) in [5.41, 5.74) is 1.29. The van der Waals surface area contributed by atoms with Crippen LogP contribution in [0.2, 0.25) is 0 Å². The molecule has 7 heteroatoms. The lowest BCUT2D eigenvalue weighted by Crippen LogP contribution is -2.40. The van der Waals surface area contributed by atoms with Gasteiger partial charge in [-0.25, -0.2) is 0 Å². The maximum Gasteiger partial charge on any atom is 0.227 e. The highest BCUT2D eigenvalue weighted by Crippen LogP contribution is 2.18. The fourth-order valence-electron chi connectivity index (χ4n) is 2.20. The summed E-state index contributed by atoms with van der Waals surface area (Å²) in [6, 6.07) is 0. The molecule has 0 atom stereocenters. The van der Waals surface area contributed by atoms with Crippen molar-refractivity contribution in [1.82, 2.24) is 20.6 Å². The molecule has 21 heavy (non-hydrogen) atoms. The van der Waals surface area contributed by atoms with E-state index in [1.54, 1.807) is 0 Å². The predicted molar refractivity (Wildman–Crippen MR) is 74.5 cm³/mol. The molecule has 0 radical (unpaired) electrons. The van der Waals surface area contributed by atoms with E-state index in [1.165, 1.54) is 6.92 Å². The smallest absolute Gasteiger partial charge is 0.227 e. The van der Waals surface area contributed by atoms with Crippen LogP contribution in [0.4, 0.5) is 0 Å². The number of amides is 1. The fourth-order valence-corrected chi connectivity index (χ4v) is 2.20. The summed E-state index contributed by atoms with van der Waals surface area (Å²) in [5.74, 6) is 1.67. The summed E-state index contributed by atoms with van der Waals surface area (Å²) >= 11 is 0. The Morgan fingerprint density at radius 2 is 1.90 bits per heavy atom. The van der Waals surface area contributed by atoms with E-state index < -0.39 is 5.54 Å². The molecule has 0 aliphatic rings. The lowest BCUT2D eigenvalue weighted by atomic mass is 10.1. The number of carbonyl (C=O) groups is 1. The SMILES string of the molecule is CC(=O)NC(C)(C)c1noc(CCc2c(C)noc2C)n1. The van der Waals surface area contributed by atoms with Gasteiger partial charge in [0.2, 0.25) is 11.8 Å². The first kappa shape index (κ1) is 15.2. The first-order valence-electron chi connectivity index (χ1n) is 6.83. The molecule has 2 rings (SSSR count). The Hall–Kier alpha value is -2.18. The van der Waals surface area contributed by atoms with Gasteiger partial charge in [-0.15, -0.1) is 0 Å². The Morgan fingerprint density at radius 3 is 2.48 bits per heavy atom. The minimum Gasteiger partial charge on any atom is -0.361 e. The van der Waals surface area contributed by atoms with Crippen LogP contribution in [0.25, 0.3) is 0 Å². The van der Waals surface area contributed by atoms with Crippen LogP contribution in [0.5, 0.6) is 0 Å². The predicted octanol–water partition coefficient (Wildman–Crippen LogP) is 1.83. The Kier molecular flexibility index (Phi) is 4.11. The number of carbonyl (C=O) groups excluding carboxylic acids is 1. The zero-order valence-corrected chi connectivity index (χ0v) is 13.0. The highest BCUT2D eigenvalue weighted by Gasteiger charge is 2.27. The van der Waals surface area contributed by atoms with Crippen LogP contribution < -0.4 is 5.32 Å². The van der Waals surface area contributed by atoms with Crippen molar-refractivity contribution in [2.24, 2.45) is 0 Å². The van der Waals surface area contributed by atoms with Gasteiger partial charge in [-0.05, 0) is 34.1 Å². The third-order valence-corrected chi connectivity index (χ3v) is 3.29. The molecule has 1 N–H and O–H groups in total. The van der Waals surface area contributed by atoms with Crippen LogP contribution in [-0.4, -0.2) is 21.2 Å². The Bertz CT molecular complexity index is 623. The number of hydrogen-bond acceptors (Lipinski definition) is 6. The summed E-state index contributed by atoms with van der Waals surface area (Å²) in [6.45, 7) is 8.91. The molecule has 0 aliphatic heterocycles. The first-order valence-corrected chi connectivity index (χ1v) is 6.83. The van der Waals surface area contributed by atoms with E-state index in [0.29, 0.717) is 18.1 Å². The molecular weight excluding hydrogens is 272 g/mol. The number of nitrogens with zero attached hydrogens (tertiary/aromatic N) is 3. The van der Waals surface area contributed by atoms with Gasteiger partial charge in [0.1, 0.15) is 5.76 Å². The second kappa shape index (κ2) is 5.67. The number of hydrogen-bond donors (Lipinski definition) is 1. The van der Waals surface area contributed by atoms with Crippen LogP contribution in [0, 0.1) is 13.8 Å². The molecule has 2 heterocycles. The summed E-state index contributed by atoms with van der Waals surface area (Å²) < 4.78 is 10.4. The molecular formula is C14H20N4O3. The van der Waals surface area contributed by atoms with E-state index in [4.69, 9.17) is 9.05 Å². The lowest BCUT2D eigenvalue weighted by Gasteiger charge is -2.20. The van der Waals surface area contributed by atoms with E-state index in [2.05, 4.69) is 20.6 Å². The maximum atomic E-state index is 11.2. The molecule has 0 aromatic carbocycles. The molecule has 2 aromatic rings. The van der Waals surface area contributed by atoms with E-state index in [1.807, 2.05) is 27.7 Å². The minimum atomic E-state index is -0.656. The van der Waals surface area contributed by atoms with Crippen molar-refractivity contribution in [3.05, 3.63) is 28.7 Å². The van der Waals surface area contributed by atoms with Crippen molar-refractivity contribution < 1.29 is 13.8 Å². The van der Waals surface area contributed by atoms with Gasteiger partial charge in [0.25, 0.3) is 0 Å². The number of aryl methyl sites for hydroxylation is 3.